The molecule has 104 valence electrons. The summed E-state index contributed by atoms with van der Waals surface area (Å²) in [5.41, 5.74) is 6.93. The van der Waals surface area contributed by atoms with Gasteiger partial charge in [-0.05, 0) is 19.3 Å². The molecule has 1 rings (SSSR count). The first-order valence-corrected chi connectivity index (χ1v) is 6.71. The number of aliphatic hydroxyl groups is 1. The molecule has 0 bridgehead atoms. The third-order valence-electron chi connectivity index (χ3n) is 3.35. The molecule has 0 aromatic carbocycles. The van der Waals surface area contributed by atoms with Crippen LogP contribution in [0.4, 0.5) is 0 Å². The number of nitrogens with one attached hydrogen (secondary N) is 1. The quantitative estimate of drug-likeness (QED) is 0.644. The number of aryl methyl sites for hydroxylation is 1. The summed E-state index contributed by atoms with van der Waals surface area (Å²) in [6.07, 6.45) is 4.99. The molecule has 1 aromatic heterocycles. The lowest BCUT2D eigenvalue weighted by atomic mass is 10.0. The standard InChI is InChI=1S/C13H26N4O/c1-4-5-17-8-12(7-15-17)13(6-14)16-11(3)10(2)9-18/h7-8,10-11,13,16,18H,4-6,9,14H2,1-3H3. The van der Waals surface area contributed by atoms with E-state index in [2.05, 4.69) is 24.3 Å². The van der Waals surface area contributed by atoms with Crippen LogP contribution in [0, 0.1) is 5.92 Å². The lowest BCUT2D eigenvalue weighted by Crippen LogP contribution is -2.39. The van der Waals surface area contributed by atoms with E-state index in [1.807, 2.05) is 24.0 Å². The molecule has 0 fully saturated rings. The van der Waals surface area contributed by atoms with Crippen LogP contribution in [0.25, 0.3) is 0 Å². The minimum Gasteiger partial charge on any atom is -0.396 e. The van der Waals surface area contributed by atoms with Gasteiger partial charge in [0.1, 0.15) is 0 Å². The Labute approximate surface area is 109 Å². The number of aromatic nitrogens is 2. The topological polar surface area (TPSA) is 76.1 Å². The summed E-state index contributed by atoms with van der Waals surface area (Å²) in [5.74, 6) is 0.213. The van der Waals surface area contributed by atoms with Gasteiger partial charge in [-0.2, -0.15) is 5.10 Å². The minimum absolute atomic E-state index is 0.0969. The van der Waals surface area contributed by atoms with E-state index in [0.717, 1.165) is 18.5 Å². The van der Waals surface area contributed by atoms with Crippen molar-refractivity contribution in [2.75, 3.05) is 13.2 Å². The highest BCUT2D eigenvalue weighted by molar-refractivity contribution is 5.11. The number of rotatable bonds is 8. The molecule has 3 atom stereocenters. The Morgan fingerprint density at radius 1 is 1.50 bits per heavy atom. The van der Waals surface area contributed by atoms with Gasteiger partial charge in [0.25, 0.3) is 0 Å². The molecule has 0 aliphatic rings. The second-order valence-corrected chi connectivity index (χ2v) is 4.94. The molecule has 0 radical (unpaired) electrons. The van der Waals surface area contributed by atoms with Gasteiger partial charge in [-0.15, -0.1) is 0 Å². The summed E-state index contributed by atoms with van der Waals surface area (Å²) >= 11 is 0. The summed E-state index contributed by atoms with van der Waals surface area (Å²) in [6.45, 7) is 7.86. The first-order chi connectivity index (χ1) is 8.62. The molecule has 5 heteroatoms. The number of nitrogens with zero attached hydrogens (tertiary/aromatic N) is 2. The second kappa shape index (κ2) is 7.51. The monoisotopic (exact) mass is 254 g/mol. The molecule has 18 heavy (non-hydrogen) atoms. The van der Waals surface area contributed by atoms with Gasteiger partial charge in [-0.1, -0.05) is 13.8 Å². The molecule has 0 saturated heterocycles. The van der Waals surface area contributed by atoms with Gasteiger partial charge >= 0.3 is 0 Å². The van der Waals surface area contributed by atoms with Crippen LogP contribution in [0.3, 0.4) is 0 Å². The highest BCUT2D eigenvalue weighted by atomic mass is 16.3. The van der Waals surface area contributed by atoms with Crippen molar-refractivity contribution < 1.29 is 5.11 Å². The first kappa shape index (κ1) is 15.1. The maximum atomic E-state index is 9.15. The fraction of sp³-hybridized carbons (Fsp3) is 0.769. The Balaban J connectivity index is 2.64. The van der Waals surface area contributed by atoms with Crippen molar-refractivity contribution in [3.05, 3.63) is 18.0 Å². The van der Waals surface area contributed by atoms with Crippen molar-refractivity contribution >= 4 is 0 Å². The molecule has 0 amide bonds. The average Bonchev–Trinajstić information content (AvgIpc) is 2.83. The minimum atomic E-state index is 0.0969. The highest BCUT2D eigenvalue weighted by Crippen LogP contribution is 2.14. The van der Waals surface area contributed by atoms with Crippen molar-refractivity contribution in [2.45, 2.75) is 45.8 Å². The van der Waals surface area contributed by atoms with Crippen LogP contribution in [0.5, 0.6) is 0 Å². The first-order valence-electron chi connectivity index (χ1n) is 6.71. The third-order valence-corrected chi connectivity index (χ3v) is 3.35. The van der Waals surface area contributed by atoms with Crippen LogP contribution >= 0.6 is 0 Å². The molecular formula is C13H26N4O. The zero-order chi connectivity index (χ0) is 13.5. The SMILES string of the molecule is CCCn1cc(C(CN)NC(C)C(C)CO)cn1. The van der Waals surface area contributed by atoms with Crippen molar-refractivity contribution in [3.63, 3.8) is 0 Å². The zero-order valence-electron chi connectivity index (χ0n) is 11.6. The molecule has 0 saturated carbocycles. The largest absolute Gasteiger partial charge is 0.396 e. The predicted molar refractivity (Wildman–Crippen MR) is 73.2 cm³/mol. The van der Waals surface area contributed by atoms with Gasteiger partial charge in [0.15, 0.2) is 0 Å². The summed E-state index contributed by atoms with van der Waals surface area (Å²) in [6, 6.07) is 0.317. The highest BCUT2D eigenvalue weighted by Gasteiger charge is 2.18. The van der Waals surface area contributed by atoms with Crippen molar-refractivity contribution in [1.29, 1.82) is 0 Å². The maximum Gasteiger partial charge on any atom is 0.0538 e. The van der Waals surface area contributed by atoms with Gasteiger partial charge in [-0.25, -0.2) is 0 Å². The smallest absolute Gasteiger partial charge is 0.0538 e. The molecule has 4 N–H and O–H groups in total. The Morgan fingerprint density at radius 2 is 2.22 bits per heavy atom. The zero-order valence-corrected chi connectivity index (χ0v) is 11.6. The van der Waals surface area contributed by atoms with Gasteiger partial charge in [0.2, 0.25) is 0 Å². The van der Waals surface area contributed by atoms with E-state index >= 15 is 0 Å². The molecule has 1 heterocycles. The van der Waals surface area contributed by atoms with Gasteiger partial charge in [0, 0.05) is 43.5 Å². The fourth-order valence-electron chi connectivity index (χ4n) is 1.85. The molecule has 3 unspecified atom stereocenters. The van der Waals surface area contributed by atoms with E-state index in [1.165, 1.54) is 0 Å². The molecule has 1 aromatic rings. The van der Waals surface area contributed by atoms with Crippen LogP contribution in [-0.2, 0) is 6.54 Å². The summed E-state index contributed by atoms with van der Waals surface area (Å²) in [7, 11) is 0. The number of aliphatic hydroxyl groups excluding tert-OH is 1. The average molecular weight is 254 g/mol. The number of hydrogen-bond acceptors (Lipinski definition) is 4. The van der Waals surface area contributed by atoms with Crippen LogP contribution in [0.1, 0.15) is 38.8 Å². The van der Waals surface area contributed by atoms with Gasteiger partial charge < -0.3 is 16.2 Å². The molecule has 0 aliphatic heterocycles. The normalized spacial score (nSPS) is 16.5. The van der Waals surface area contributed by atoms with Crippen molar-refractivity contribution in [1.82, 2.24) is 15.1 Å². The maximum absolute atomic E-state index is 9.15. The van der Waals surface area contributed by atoms with E-state index < -0.39 is 0 Å². The van der Waals surface area contributed by atoms with Crippen molar-refractivity contribution in [2.24, 2.45) is 11.7 Å². The van der Waals surface area contributed by atoms with E-state index in [1.54, 1.807) is 0 Å². The van der Waals surface area contributed by atoms with Crippen molar-refractivity contribution in [3.8, 4) is 0 Å². The Kier molecular flexibility index (Phi) is 6.32. The summed E-state index contributed by atoms with van der Waals surface area (Å²) < 4.78 is 1.94. The summed E-state index contributed by atoms with van der Waals surface area (Å²) in [4.78, 5) is 0. The van der Waals surface area contributed by atoms with Crippen LogP contribution < -0.4 is 11.1 Å². The summed E-state index contributed by atoms with van der Waals surface area (Å²) in [5, 5.41) is 16.9. The number of hydrogen-bond donors (Lipinski definition) is 3. The lowest BCUT2D eigenvalue weighted by molar-refractivity contribution is 0.201. The Bertz CT molecular complexity index is 339. The molecule has 5 nitrogen and oxygen atoms in total. The second-order valence-electron chi connectivity index (χ2n) is 4.94. The number of nitrogens with two attached hydrogens (primary N) is 1. The van der Waals surface area contributed by atoms with Crippen LogP contribution in [0.2, 0.25) is 0 Å². The van der Waals surface area contributed by atoms with E-state index in [0.29, 0.717) is 6.54 Å². The van der Waals surface area contributed by atoms with Crippen LogP contribution in [0.15, 0.2) is 12.4 Å². The van der Waals surface area contributed by atoms with E-state index in [9.17, 15) is 0 Å². The van der Waals surface area contributed by atoms with Gasteiger partial charge in [0.05, 0.1) is 6.20 Å². The fourth-order valence-corrected chi connectivity index (χ4v) is 1.85. The molecule has 0 spiro atoms. The third kappa shape index (κ3) is 4.08. The predicted octanol–water partition coefficient (Wildman–Crippen LogP) is 0.899. The van der Waals surface area contributed by atoms with E-state index in [-0.39, 0.29) is 24.6 Å². The van der Waals surface area contributed by atoms with E-state index in [4.69, 9.17) is 10.8 Å². The molecular weight excluding hydrogens is 228 g/mol. The Hall–Kier alpha value is -0.910. The Morgan fingerprint density at radius 3 is 2.78 bits per heavy atom. The van der Waals surface area contributed by atoms with Crippen LogP contribution in [-0.4, -0.2) is 34.1 Å². The molecule has 0 aliphatic carbocycles. The lowest BCUT2D eigenvalue weighted by Gasteiger charge is -2.25. The van der Waals surface area contributed by atoms with Gasteiger partial charge in [-0.3, -0.25) is 4.68 Å².